The number of carbonyl (C=O) groups is 1. The summed E-state index contributed by atoms with van der Waals surface area (Å²) in [5.74, 6) is 1.28. The fourth-order valence-corrected chi connectivity index (χ4v) is 2.88. The summed E-state index contributed by atoms with van der Waals surface area (Å²) in [6.45, 7) is 2.26. The van der Waals surface area contributed by atoms with Crippen LogP contribution in [-0.4, -0.2) is 42.5 Å². The molecule has 0 radical (unpaired) electrons. The summed E-state index contributed by atoms with van der Waals surface area (Å²) in [6.07, 6.45) is 3.87. The second kappa shape index (κ2) is 7.71. The lowest BCUT2D eigenvalue weighted by molar-refractivity contribution is -0.131. The highest BCUT2D eigenvalue weighted by atomic mass is 35.5. The summed E-state index contributed by atoms with van der Waals surface area (Å²) in [7, 11) is 1.74. The van der Waals surface area contributed by atoms with Crippen molar-refractivity contribution in [3.63, 3.8) is 0 Å². The molecule has 7 heteroatoms. The topological polar surface area (TPSA) is 57.3 Å². The molecule has 1 aromatic heterocycles. The fraction of sp³-hybridized carbons (Fsp3) is 0.571. The smallest absolute Gasteiger partial charge is 0.224 e. The van der Waals surface area contributed by atoms with E-state index in [1.165, 1.54) is 6.42 Å². The van der Waals surface area contributed by atoms with Gasteiger partial charge in [0.1, 0.15) is 11.6 Å². The first-order valence-electron chi connectivity index (χ1n) is 7.17. The minimum atomic E-state index is 0.182. The lowest BCUT2D eigenvalue weighted by Gasteiger charge is -2.26. The summed E-state index contributed by atoms with van der Waals surface area (Å²) in [4.78, 5) is 18.3. The molecule has 1 aromatic rings. The van der Waals surface area contributed by atoms with E-state index in [9.17, 15) is 4.79 Å². The SMILES string of the molecule is CNc1nc(NCCC(=O)N2CCCCC2)c(Cl)cc1Cl. The molecule has 21 heavy (non-hydrogen) atoms. The Morgan fingerprint density at radius 2 is 1.90 bits per heavy atom. The molecule has 0 unspecified atom stereocenters. The van der Waals surface area contributed by atoms with Gasteiger partial charge in [0.2, 0.25) is 5.91 Å². The quantitative estimate of drug-likeness (QED) is 0.870. The van der Waals surface area contributed by atoms with E-state index in [0.29, 0.717) is 34.6 Å². The van der Waals surface area contributed by atoms with Crippen LogP contribution in [0, 0.1) is 0 Å². The zero-order valence-corrected chi connectivity index (χ0v) is 13.6. The maximum absolute atomic E-state index is 12.0. The van der Waals surface area contributed by atoms with E-state index >= 15 is 0 Å². The number of likely N-dealkylation sites (tertiary alicyclic amines) is 1. The third-order valence-electron chi connectivity index (χ3n) is 3.51. The third kappa shape index (κ3) is 4.38. The van der Waals surface area contributed by atoms with Crippen LogP contribution < -0.4 is 10.6 Å². The van der Waals surface area contributed by atoms with Gasteiger partial charge in [0.25, 0.3) is 0 Å². The molecule has 2 N–H and O–H groups in total. The molecule has 1 amide bonds. The minimum absolute atomic E-state index is 0.182. The van der Waals surface area contributed by atoms with Crippen LogP contribution in [0.15, 0.2) is 6.07 Å². The average Bonchev–Trinajstić information content (AvgIpc) is 2.50. The monoisotopic (exact) mass is 330 g/mol. The van der Waals surface area contributed by atoms with Gasteiger partial charge in [-0.15, -0.1) is 0 Å². The average molecular weight is 331 g/mol. The van der Waals surface area contributed by atoms with Crippen molar-refractivity contribution in [3.8, 4) is 0 Å². The summed E-state index contributed by atoms with van der Waals surface area (Å²) < 4.78 is 0. The molecular weight excluding hydrogens is 311 g/mol. The summed E-state index contributed by atoms with van der Waals surface area (Å²) in [6, 6.07) is 1.64. The lowest BCUT2D eigenvalue weighted by atomic mass is 10.1. The standard InChI is InChI=1S/C14H20Cl2N4O/c1-17-13-10(15)9-11(16)14(19-13)18-6-5-12(21)20-7-3-2-4-8-20/h9H,2-8H2,1H3,(H2,17,18,19). The molecule has 1 fully saturated rings. The van der Waals surface area contributed by atoms with Crippen LogP contribution in [-0.2, 0) is 4.79 Å². The molecular formula is C14H20Cl2N4O. The normalized spacial score (nSPS) is 14.9. The second-order valence-corrected chi connectivity index (χ2v) is 5.83. The fourth-order valence-electron chi connectivity index (χ4n) is 2.36. The Morgan fingerprint density at radius 1 is 1.24 bits per heavy atom. The molecule has 116 valence electrons. The third-order valence-corrected chi connectivity index (χ3v) is 4.08. The van der Waals surface area contributed by atoms with Gasteiger partial charge in [0.15, 0.2) is 0 Å². The highest BCUT2D eigenvalue weighted by Crippen LogP contribution is 2.28. The molecule has 0 atom stereocenters. The van der Waals surface area contributed by atoms with Crippen molar-refractivity contribution in [3.05, 3.63) is 16.1 Å². The molecule has 1 saturated heterocycles. The van der Waals surface area contributed by atoms with Gasteiger partial charge in [-0.25, -0.2) is 4.98 Å². The first kappa shape index (κ1) is 16.2. The van der Waals surface area contributed by atoms with Gasteiger partial charge in [0, 0.05) is 33.1 Å². The number of pyridine rings is 1. The van der Waals surface area contributed by atoms with Gasteiger partial charge in [-0.3, -0.25) is 4.79 Å². The van der Waals surface area contributed by atoms with Crippen LogP contribution >= 0.6 is 23.2 Å². The van der Waals surface area contributed by atoms with Crippen molar-refractivity contribution in [1.82, 2.24) is 9.88 Å². The van der Waals surface area contributed by atoms with E-state index in [1.54, 1.807) is 13.1 Å². The summed E-state index contributed by atoms with van der Waals surface area (Å²) in [5.41, 5.74) is 0. The van der Waals surface area contributed by atoms with Crippen LogP contribution in [0.2, 0.25) is 10.0 Å². The number of carbonyl (C=O) groups excluding carboxylic acids is 1. The van der Waals surface area contributed by atoms with E-state index in [0.717, 1.165) is 25.9 Å². The molecule has 2 rings (SSSR count). The van der Waals surface area contributed by atoms with Crippen molar-refractivity contribution in [2.45, 2.75) is 25.7 Å². The predicted octanol–water partition coefficient (Wildman–Crippen LogP) is 3.24. The van der Waals surface area contributed by atoms with Crippen LogP contribution in [0.3, 0.4) is 0 Å². The molecule has 5 nitrogen and oxygen atoms in total. The number of hydrogen-bond donors (Lipinski definition) is 2. The minimum Gasteiger partial charge on any atom is -0.372 e. The largest absolute Gasteiger partial charge is 0.372 e. The zero-order valence-electron chi connectivity index (χ0n) is 12.1. The van der Waals surface area contributed by atoms with Gasteiger partial charge in [-0.1, -0.05) is 23.2 Å². The molecule has 0 spiro atoms. The number of hydrogen-bond acceptors (Lipinski definition) is 4. The second-order valence-electron chi connectivity index (χ2n) is 5.02. The molecule has 0 aliphatic carbocycles. The number of rotatable bonds is 5. The number of aromatic nitrogens is 1. The number of amides is 1. The molecule has 1 aliphatic rings. The summed E-state index contributed by atoms with van der Waals surface area (Å²) in [5, 5.41) is 6.91. The van der Waals surface area contributed by atoms with Gasteiger partial charge in [0.05, 0.1) is 10.0 Å². The number of anilines is 2. The van der Waals surface area contributed by atoms with Gasteiger partial charge < -0.3 is 15.5 Å². The molecule has 0 bridgehead atoms. The predicted molar refractivity (Wildman–Crippen MR) is 87.3 cm³/mol. The van der Waals surface area contributed by atoms with Crippen molar-refractivity contribution in [2.24, 2.45) is 0 Å². The van der Waals surface area contributed by atoms with Crippen molar-refractivity contribution in [2.75, 3.05) is 37.3 Å². The first-order chi connectivity index (χ1) is 10.1. The Labute approximate surface area is 135 Å². The Kier molecular flexibility index (Phi) is 5.94. The van der Waals surface area contributed by atoms with Crippen molar-refractivity contribution < 1.29 is 4.79 Å². The Morgan fingerprint density at radius 3 is 2.57 bits per heavy atom. The van der Waals surface area contributed by atoms with Crippen LogP contribution in [0.25, 0.3) is 0 Å². The van der Waals surface area contributed by atoms with E-state index in [1.807, 2.05) is 4.90 Å². The highest BCUT2D eigenvalue weighted by Gasteiger charge is 2.16. The van der Waals surface area contributed by atoms with Gasteiger partial charge >= 0.3 is 0 Å². The van der Waals surface area contributed by atoms with Crippen LogP contribution in [0.5, 0.6) is 0 Å². The van der Waals surface area contributed by atoms with E-state index in [-0.39, 0.29) is 5.91 Å². The van der Waals surface area contributed by atoms with E-state index in [4.69, 9.17) is 23.2 Å². The van der Waals surface area contributed by atoms with Crippen molar-refractivity contribution in [1.29, 1.82) is 0 Å². The molecule has 0 saturated carbocycles. The number of nitrogens with one attached hydrogen (secondary N) is 2. The number of piperidine rings is 1. The van der Waals surface area contributed by atoms with Crippen LogP contribution in [0.1, 0.15) is 25.7 Å². The Bertz CT molecular complexity index is 504. The molecule has 2 heterocycles. The highest BCUT2D eigenvalue weighted by molar-refractivity contribution is 6.37. The maximum atomic E-state index is 12.0. The maximum Gasteiger partial charge on any atom is 0.224 e. The van der Waals surface area contributed by atoms with E-state index < -0.39 is 0 Å². The molecule has 1 aliphatic heterocycles. The Hall–Kier alpha value is -1.20. The van der Waals surface area contributed by atoms with Gasteiger partial charge in [-0.05, 0) is 25.3 Å². The number of nitrogens with zero attached hydrogens (tertiary/aromatic N) is 2. The van der Waals surface area contributed by atoms with Crippen molar-refractivity contribution >= 4 is 40.7 Å². The lowest BCUT2D eigenvalue weighted by Crippen LogP contribution is -2.36. The Balaban J connectivity index is 1.86. The van der Waals surface area contributed by atoms with Crippen LogP contribution in [0.4, 0.5) is 11.6 Å². The van der Waals surface area contributed by atoms with Gasteiger partial charge in [-0.2, -0.15) is 0 Å². The summed E-state index contributed by atoms with van der Waals surface area (Å²) >= 11 is 12.1. The zero-order chi connectivity index (χ0) is 15.2. The number of halogens is 2. The first-order valence-corrected chi connectivity index (χ1v) is 7.93. The molecule has 0 aromatic carbocycles. The van der Waals surface area contributed by atoms with E-state index in [2.05, 4.69) is 15.6 Å².